The van der Waals surface area contributed by atoms with E-state index in [4.69, 9.17) is 8.84 Å². The Labute approximate surface area is 84.6 Å². The standard InChI is InChI=1S/C11H14O2Si/c1-14(2,3)13-11-8-9-6-4-5-7-10(9)12-11/h4-8H,1-3H3. The summed E-state index contributed by atoms with van der Waals surface area (Å²) in [7, 11) is -1.55. The molecule has 0 radical (unpaired) electrons. The summed E-state index contributed by atoms with van der Waals surface area (Å²) in [5.74, 6) is 0.644. The summed E-state index contributed by atoms with van der Waals surface area (Å²) in [4.78, 5) is 0. The molecule has 0 atom stereocenters. The summed E-state index contributed by atoms with van der Waals surface area (Å²) < 4.78 is 11.3. The van der Waals surface area contributed by atoms with Gasteiger partial charge in [-0.05, 0) is 25.7 Å². The van der Waals surface area contributed by atoms with Gasteiger partial charge in [0.15, 0.2) is 0 Å². The van der Waals surface area contributed by atoms with Crippen LogP contribution in [0.4, 0.5) is 0 Å². The molecule has 0 aliphatic carbocycles. The summed E-state index contributed by atoms with van der Waals surface area (Å²) in [6.07, 6.45) is 0. The van der Waals surface area contributed by atoms with Crippen molar-refractivity contribution >= 4 is 19.3 Å². The van der Waals surface area contributed by atoms with Gasteiger partial charge in [0.2, 0.25) is 8.32 Å². The molecule has 0 aliphatic rings. The van der Waals surface area contributed by atoms with E-state index in [1.807, 2.05) is 30.3 Å². The monoisotopic (exact) mass is 206 g/mol. The van der Waals surface area contributed by atoms with E-state index in [0.29, 0.717) is 5.95 Å². The predicted octanol–water partition coefficient (Wildman–Crippen LogP) is 3.65. The summed E-state index contributed by atoms with van der Waals surface area (Å²) >= 11 is 0. The third kappa shape index (κ3) is 1.99. The van der Waals surface area contributed by atoms with Crippen molar-refractivity contribution in [3.05, 3.63) is 30.3 Å². The van der Waals surface area contributed by atoms with Gasteiger partial charge in [-0.15, -0.1) is 0 Å². The summed E-state index contributed by atoms with van der Waals surface area (Å²) in [5.41, 5.74) is 0.890. The first-order chi connectivity index (χ1) is 6.54. The average Bonchev–Trinajstić information content (AvgIpc) is 2.42. The summed E-state index contributed by atoms with van der Waals surface area (Å²) in [6, 6.07) is 9.89. The number of furan rings is 1. The van der Waals surface area contributed by atoms with E-state index in [9.17, 15) is 0 Å². The van der Waals surface area contributed by atoms with E-state index in [1.165, 1.54) is 0 Å². The van der Waals surface area contributed by atoms with Crippen molar-refractivity contribution in [2.45, 2.75) is 19.6 Å². The normalized spacial score (nSPS) is 11.9. The van der Waals surface area contributed by atoms with E-state index >= 15 is 0 Å². The maximum atomic E-state index is 5.76. The molecule has 0 N–H and O–H groups in total. The minimum atomic E-state index is -1.55. The molecule has 0 aliphatic heterocycles. The minimum Gasteiger partial charge on any atom is -0.519 e. The van der Waals surface area contributed by atoms with Crippen molar-refractivity contribution < 1.29 is 8.84 Å². The van der Waals surface area contributed by atoms with E-state index in [0.717, 1.165) is 11.0 Å². The quantitative estimate of drug-likeness (QED) is 0.700. The maximum Gasteiger partial charge on any atom is 0.271 e. The van der Waals surface area contributed by atoms with Gasteiger partial charge in [-0.25, -0.2) is 0 Å². The van der Waals surface area contributed by atoms with Gasteiger partial charge in [-0.2, -0.15) is 0 Å². The first kappa shape index (κ1) is 9.34. The molecule has 3 heteroatoms. The highest BCUT2D eigenvalue weighted by Gasteiger charge is 2.18. The van der Waals surface area contributed by atoms with Gasteiger partial charge < -0.3 is 8.84 Å². The van der Waals surface area contributed by atoms with Crippen LogP contribution >= 0.6 is 0 Å². The molecule has 1 aromatic heterocycles. The third-order valence-corrected chi connectivity index (χ3v) is 2.62. The van der Waals surface area contributed by atoms with Crippen LogP contribution in [0.2, 0.25) is 19.6 Å². The van der Waals surface area contributed by atoms with Crippen LogP contribution in [0.15, 0.2) is 34.7 Å². The van der Waals surface area contributed by atoms with Crippen LogP contribution in [0.25, 0.3) is 11.0 Å². The van der Waals surface area contributed by atoms with Crippen molar-refractivity contribution in [1.29, 1.82) is 0 Å². The Hall–Kier alpha value is -1.22. The van der Waals surface area contributed by atoms with Gasteiger partial charge in [0.05, 0.1) is 0 Å². The van der Waals surface area contributed by atoms with Gasteiger partial charge in [-0.3, -0.25) is 0 Å². The molecular weight excluding hydrogens is 192 g/mol. The van der Waals surface area contributed by atoms with Crippen molar-refractivity contribution in [1.82, 2.24) is 0 Å². The Balaban J connectivity index is 2.36. The molecule has 1 aromatic carbocycles. The number of rotatable bonds is 2. The van der Waals surface area contributed by atoms with Crippen molar-refractivity contribution in [2.75, 3.05) is 0 Å². The second-order valence-electron chi connectivity index (χ2n) is 4.32. The van der Waals surface area contributed by atoms with Crippen LogP contribution in [-0.2, 0) is 0 Å². The highest BCUT2D eigenvalue weighted by Crippen LogP contribution is 2.26. The highest BCUT2D eigenvalue weighted by atomic mass is 28.4. The molecule has 14 heavy (non-hydrogen) atoms. The summed E-state index contributed by atoms with van der Waals surface area (Å²) in [6.45, 7) is 6.42. The van der Waals surface area contributed by atoms with Crippen LogP contribution in [0.3, 0.4) is 0 Å². The van der Waals surface area contributed by atoms with Gasteiger partial charge in [0.25, 0.3) is 5.95 Å². The van der Waals surface area contributed by atoms with Crippen LogP contribution < -0.4 is 4.43 Å². The smallest absolute Gasteiger partial charge is 0.271 e. The second kappa shape index (κ2) is 3.17. The zero-order chi connectivity index (χ0) is 10.2. The lowest BCUT2D eigenvalue weighted by Gasteiger charge is -2.15. The molecule has 0 amide bonds. The molecule has 74 valence electrons. The van der Waals surface area contributed by atoms with Crippen molar-refractivity contribution in [2.24, 2.45) is 0 Å². The molecule has 0 spiro atoms. The van der Waals surface area contributed by atoms with Gasteiger partial charge in [-0.1, -0.05) is 18.2 Å². The molecule has 2 rings (SSSR count). The molecule has 0 bridgehead atoms. The zero-order valence-corrected chi connectivity index (χ0v) is 9.70. The van der Waals surface area contributed by atoms with Crippen LogP contribution in [-0.4, -0.2) is 8.32 Å². The number of fused-ring (bicyclic) bond motifs is 1. The van der Waals surface area contributed by atoms with Crippen LogP contribution in [0.1, 0.15) is 0 Å². The van der Waals surface area contributed by atoms with E-state index in [2.05, 4.69) is 19.6 Å². The molecule has 0 saturated carbocycles. The average molecular weight is 206 g/mol. The molecule has 1 heterocycles. The largest absolute Gasteiger partial charge is 0.519 e. The van der Waals surface area contributed by atoms with Crippen LogP contribution in [0, 0.1) is 0 Å². The molecular formula is C11H14O2Si. The van der Waals surface area contributed by atoms with Gasteiger partial charge in [0, 0.05) is 11.5 Å². The topological polar surface area (TPSA) is 22.4 Å². The number of benzene rings is 1. The molecule has 0 fully saturated rings. The summed E-state index contributed by atoms with van der Waals surface area (Å²) in [5, 5.41) is 1.10. The zero-order valence-electron chi connectivity index (χ0n) is 8.70. The molecule has 0 unspecified atom stereocenters. The Bertz CT molecular complexity index is 407. The first-order valence-electron chi connectivity index (χ1n) is 4.72. The lowest BCUT2D eigenvalue weighted by Crippen LogP contribution is -2.28. The van der Waals surface area contributed by atoms with E-state index in [-0.39, 0.29) is 0 Å². The minimum absolute atomic E-state index is 0.644. The third-order valence-electron chi connectivity index (χ3n) is 1.81. The fraction of sp³-hybridized carbons (Fsp3) is 0.273. The van der Waals surface area contributed by atoms with Gasteiger partial charge >= 0.3 is 0 Å². The highest BCUT2D eigenvalue weighted by molar-refractivity contribution is 6.70. The predicted molar refractivity (Wildman–Crippen MR) is 60.2 cm³/mol. The Morgan fingerprint density at radius 1 is 1.14 bits per heavy atom. The Morgan fingerprint density at radius 2 is 1.86 bits per heavy atom. The van der Waals surface area contributed by atoms with Crippen molar-refractivity contribution in [3.8, 4) is 5.95 Å². The lowest BCUT2D eigenvalue weighted by molar-refractivity contribution is 0.404. The first-order valence-corrected chi connectivity index (χ1v) is 8.13. The molecule has 2 nitrogen and oxygen atoms in total. The number of hydrogen-bond donors (Lipinski definition) is 0. The van der Waals surface area contributed by atoms with Crippen molar-refractivity contribution in [3.63, 3.8) is 0 Å². The van der Waals surface area contributed by atoms with Gasteiger partial charge in [0.1, 0.15) is 5.58 Å². The fourth-order valence-electron chi connectivity index (χ4n) is 1.31. The SMILES string of the molecule is C[Si](C)(C)Oc1cc2ccccc2o1. The number of para-hydroxylation sites is 1. The second-order valence-corrected chi connectivity index (χ2v) is 8.75. The van der Waals surface area contributed by atoms with E-state index < -0.39 is 8.32 Å². The fourth-order valence-corrected chi connectivity index (χ4v) is 2.01. The lowest BCUT2D eigenvalue weighted by atomic mass is 10.3. The molecule has 0 saturated heterocycles. The van der Waals surface area contributed by atoms with E-state index in [1.54, 1.807) is 0 Å². The maximum absolute atomic E-state index is 5.76. The Kier molecular flexibility index (Phi) is 2.11. The Morgan fingerprint density at radius 3 is 2.50 bits per heavy atom. The number of hydrogen-bond acceptors (Lipinski definition) is 2. The molecule has 2 aromatic rings. The van der Waals surface area contributed by atoms with Crippen LogP contribution in [0.5, 0.6) is 5.95 Å².